The molecule has 6 heteroatoms. The molecule has 1 amide bonds. The molecule has 2 heterocycles. The maximum atomic E-state index is 12.5. The smallest absolute Gasteiger partial charge is 0.233 e. The van der Waals surface area contributed by atoms with Gasteiger partial charge >= 0.3 is 0 Å². The van der Waals surface area contributed by atoms with Gasteiger partial charge in [-0.25, -0.2) is 4.98 Å². The normalized spacial score (nSPS) is 12.5. The predicted octanol–water partition coefficient (Wildman–Crippen LogP) is 3.11. The summed E-state index contributed by atoms with van der Waals surface area (Å²) in [5.41, 5.74) is 3.98. The predicted molar refractivity (Wildman–Crippen MR) is 86.0 cm³/mol. The summed E-state index contributed by atoms with van der Waals surface area (Å²) in [6.45, 7) is 9.94. The van der Waals surface area contributed by atoms with E-state index in [1.165, 1.54) is 11.3 Å². The average molecular weight is 306 g/mol. The van der Waals surface area contributed by atoms with E-state index >= 15 is 0 Å². The fraction of sp³-hybridized carbons (Fsp3) is 0.533. The van der Waals surface area contributed by atoms with E-state index in [-0.39, 0.29) is 11.8 Å². The molecule has 2 aromatic rings. The van der Waals surface area contributed by atoms with Gasteiger partial charge in [0.05, 0.1) is 17.3 Å². The standard InChI is InChI=1S/C15H22N4OS/c1-7-12-11(5)21-15(16-12)17-14(20)8(2)13-9(3)18-19(6)10(13)4/h8H,7H2,1-6H3,(H,16,17,20). The summed E-state index contributed by atoms with van der Waals surface area (Å²) >= 11 is 1.53. The molecule has 1 unspecified atom stereocenters. The minimum absolute atomic E-state index is 0.0365. The van der Waals surface area contributed by atoms with Crippen LogP contribution in [0.5, 0.6) is 0 Å². The molecule has 2 aromatic heterocycles. The number of nitrogens with zero attached hydrogens (tertiary/aromatic N) is 3. The van der Waals surface area contributed by atoms with Crippen LogP contribution in [0.4, 0.5) is 5.13 Å². The largest absolute Gasteiger partial charge is 0.301 e. The zero-order valence-corrected chi connectivity index (χ0v) is 14.3. The summed E-state index contributed by atoms with van der Waals surface area (Å²) < 4.78 is 1.82. The van der Waals surface area contributed by atoms with Gasteiger partial charge in [-0.05, 0) is 34.1 Å². The first-order valence-electron chi connectivity index (χ1n) is 7.12. The highest BCUT2D eigenvalue weighted by Gasteiger charge is 2.23. The molecule has 5 nitrogen and oxygen atoms in total. The highest BCUT2D eigenvalue weighted by molar-refractivity contribution is 7.15. The van der Waals surface area contributed by atoms with E-state index in [1.54, 1.807) is 0 Å². The third-order valence-corrected chi connectivity index (χ3v) is 4.78. The van der Waals surface area contributed by atoms with Gasteiger partial charge in [0.2, 0.25) is 5.91 Å². The topological polar surface area (TPSA) is 59.8 Å². The first-order valence-corrected chi connectivity index (χ1v) is 7.94. The number of thiazole rings is 1. The Morgan fingerprint density at radius 1 is 1.38 bits per heavy atom. The molecule has 0 aliphatic heterocycles. The molecule has 0 fully saturated rings. The molecule has 0 saturated heterocycles. The second kappa shape index (κ2) is 5.97. The molecule has 1 N–H and O–H groups in total. The highest BCUT2D eigenvalue weighted by Crippen LogP contribution is 2.27. The van der Waals surface area contributed by atoms with E-state index in [0.29, 0.717) is 5.13 Å². The maximum absolute atomic E-state index is 12.5. The Morgan fingerprint density at radius 2 is 2.05 bits per heavy atom. The minimum Gasteiger partial charge on any atom is -0.301 e. The van der Waals surface area contributed by atoms with Gasteiger partial charge in [-0.3, -0.25) is 9.48 Å². The van der Waals surface area contributed by atoms with Crippen LogP contribution in [-0.2, 0) is 18.3 Å². The number of hydrogen-bond acceptors (Lipinski definition) is 4. The van der Waals surface area contributed by atoms with E-state index in [4.69, 9.17) is 0 Å². The molecule has 114 valence electrons. The van der Waals surface area contributed by atoms with E-state index in [0.717, 1.165) is 33.9 Å². The van der Waals surface area contributed by atoms with Crippen LogP contribution in [-0.4, -0.2) is 20.7 Å². The fourth-order valence-electron chi connectivity index (χ4n) is 2.57. The summed E-state index contributed by atoms with van der Waals surface area (Å²) in [4.78, 5) is 18.1. The van der Waals surface area contributed by atoms with Crippen molar-refractivity contribution in [3.63, 3.8) is 0 Å². The Labute approximate surface area is 129 Å². The Bertz CT molecular complexity index is 672. The van der Waals surface area contributed by atoms with Gasteiger partial charge in [0, 0.05) is 23.2 Å². The molecule has 2 rings (SSSR count). The summed E-state index contributed by atoms with van der Waals surface area (Å²) in [7, 11) is 1.90. The number of aromatic nitrogens is 3. The van der Waals surface area contributed by atoms with Crippen molar-refractivity contribution < 1.29 is 4.79 Å². The highest BCUT2D eigenvalue weighted by atomic mass is 32.1. The van der Waals surface area contributed by atoms with Crippen LogP contribution in [0.15, 0.2) is 0 Å². The van der Waals surface area contributed by atoms with E-state index in [9.17, 15) is 4.79 Å². The lowest BCUT2D eigenvalue weighted by molar-refractivity contribution is -0.117. The van der Waals surface area contributed by atoms with Crippen LogP contribution in [0.25, 0.3) is 0 Å². The number of amides is 1. The third-order valence-electron chi connectivity index (χ3n) is 3.85. The Hall–Kier alpha value is -1.69. The summed E-state index contributed by atoms with van der Waals surface area (Å²) in [6.07, 6.45) is 0.884. The van der Waals surface area contributed by atoms with Crippen molar-refractivity contribution in [1.82, 2.24) is 14.8 Å². The van der Waals surface area contributed by atoms with Crippen molar-refractivity contribution in [1.29, 1.82) is 0 Å². The van der Waals surface area contributed by atoms with Crippen molar-refractivity contribution in [2.45, 2.75) is 47.0 Å². The molecule has 1 atom stereocenters. The molecular weight excluding hydrogens is 284 g/mol. The molecule has 0 saturated carbocycles. The van der Waals surface area contributed by atoms with Crippen LogP contribution < -0.4 is 5.32 Å². The zero-order chi connectivity index (χ0) is 15.7. The van der Waals surface area contributed by atoms with E-state index < -0.39 is 0 Å². The molecular formula is C15H22N4OS. The number of aryl methyl sites for hydroxylation is 4. The van der Waals surface area contributed by atoms with Gasteiger partial charge in [-0.1, -0.05) is 6.92 Å². The number of carbonyl (C=O) groups is 1. The summed E-state index contributed by atoms with van der Waals surface area (Å²) in [5, 5.41) is 7.99. The van der Waals surface area contributed by atoms with Crippen LogP contribution in [0.3, 0.4) is 0 Å². The molecule has 0 bridgehead atoms. The first-order chi connectivity index (χ1) is 9.85. The second-order valence-corrected chi connectivity index (χ2v) is 6.50. The van der Waals surface area contributed by atoms with Gasteiger partial charge in [0.25, 0.3) is 0 Å². The Balaban J connectivity index is 2.19. The molecule has 0 aliphatic rings. The fourth-order valence-corrected chi connectivity index (χ4v) is 3.48. The first kappa shape index (κ1) is 15.7. The van der Waals surface area contributed by atoms with Gasteiger partial charge in [0.1, 0.15) is 0 Å². The van der Waals surface area contributed by atoms with Crippen molar-refractivity contribution in [2.24, 2.45) is 7.05 Å². The average Bonchev–Trinajstić information content (AvgIpc) is 2.89. The molecule has 0 aliphatic carbocycles. The lowest BCUT2D eigenvalue weighted by Gasteiger charge is -2.11. The van der Waals surface area contributed by atoms with Crippen molar-refractivity contribution in [2.75, 3.05) is 5.32 Å². The van der Waals surface area contributed by atoms with Crippen LogP contribution in [0.2, 0.25) is 0 Å². The van der Waals surface area contributed by atoms with Crippen molar-refractivity contribution in [3.05, 3.63) is 27.5 Å². The van der Waals surface area contributed by atoms with Crippen LogP contribution in [0.1, 0.15) is 47.3 Å². The van der Waals surface area contributed by atoms with Crippen LogP contribution >= 0.6 is 11.3 Å². The number of carbonyl (C=O) groups excluding carboxylic acids is 1. The molecule has 0 spiro atoms. The number of anilines is 1. The maximum Gasteiger partial charge on any atom is 0.233 e. The quantitative estimate of drug-likeness (QED) is 0.944. The monoisotopic (exact) mass is 306 g/mol. The SMILES string of the molecule is CCc1nc(NC(=O)C(C)c2c(C)nn(C)c2C)sc1C. The lowest BCUT2D eigenvalue weighted by atomic mass is 9.98. The van der Waals surface area contributed by atoms with Crippen molar-refractivity contribution >= 4 is 22.4 Å². The lowest BCUT2D eigenvalue weighted by Crippen LogP contribution is -2.19. The van der Waals surface area contributed by atoms with Crippen LogP contribution in [0, 0.1) is 20.8 Å². The number of hydrogen-bond donors (Lipinski definition) is 1. The van der Waals surface area contributed by atoms with E-state index in [2.05, 4.69) is 22.3 Å². The third kappa shape index (κ3) is 3.00. The molecule has 0 radical (unpaired) electrons. The number of nitrogens with one attached hydrogen (secondary N) is 1. The van der Waals surface area contributed by atoms with Gasteiger partial charge in [-0.15, -0.1) is 11.3 Å². The summed E-state index contributed by atoms with van der Waals surface area (Å²) in [6, 6.07) is 0. The minimum atomic E-state index is -0.243. The van der Waals surface area contributed by atoms with E-state index in [1.807, 2.05) is 39.4 Å². The Kier molecular flexibility index (Phi) is 4.46. The Morgan fingerprint density at radius 3 is 2.52 bits per heavy atom. The number of rotatable bonds is 4. The zero-order valence-electron chi connectivity index (χ0n) is 13.4. The van der Waals surface area contributed by atoms with Gasteiger partial charge < -0.3 is 5.32 Å². The van der Waals surface area contributed by atoms with Crippen molar-refractivity contribution in [3.8, 4) is 0 Å². The second-order valence-electron chi connectivity index (χ2n) is 5.29. The van der Waals surface area contributed by atoms with Gasteiger partial charge in [0.15, 0.2) is 5.13 Å². The molecule has 21 heavy (non-hydrogen) atoms. The molecule has 0 aromatic carbocycles. The van der Waals surface area contributed by atoms with Gasteiger partial charge in [-0.2, -0.15) is 5.10 Å². The summed E-state index contributed by atoms with van der Waals surface area (Å²) in [5.74, 6) is -0.279.